The molecule has 6 heteroatoms. The molecule has 0 aliphatic heterocycles. The van der Waals surface area contributed by atoms with Crippen LogP contribution >= 0.6 is 0 Å². The fourth-order valence-electron chi connectivity index (χ4n) is 4.02. The van der Waals surface area contributed by atoms with Crippen LogP contribution in [0, 0.1) is 0 Å². The van der Waals surface area contributed by atoms with Crippen molar-refractivity contribution in [3.05, 3.63) is 66.4 Å². The van der Waals surface area contributed by atoms with Crippen LogP contribution in [-0.4, -0.2) is 28.2 Å². The molecular formula is C24H24N4O2. The number of nitrogens with one attached hydrogen (secondary N) is 1. The van der Waals surface area contributed by atoms with Gasteiger partial charge in [0.15, 0.2) is 0 Å². The maximum Gasteiger partial charge on any atom is 0.246 e. The molecule has 2 aromatic carbocycles. The van der Waals surface area contributed by atoms with Crippen LogP contribution in [0.2, 0.25) is 0 Å². The molecule has 5 rings (SSSR count). The lowest BCUT2D eigenvalue weighted by Gasteiger charge is -2.38. The number of anilines is 1. The van der Waals surface area contributed by atoms with Crippen LogP contribution in [0.5, 0.6) is 0 Å². The average molecular weight is 400 g/mol. The number of furan rings is 1. The van der Waals surface area contributed by atoms with Gasteiger partial charge in [-0.15, -0.1) is 0 Å². The van der Waals surface area contributed by atoms with Crippen LogP contribution < -0.4 is 11.1 Å². The summed E-state index contributed by atoms with van der Waals surface area (Å²) in [6.07, 6.45) is 4.87. The van der Waals surface area contributed by atoms with Crippen molar-refractivity contribution in [2.75, 3.05) is 18.5 Å². The van der Waals surface area contributed by atoms with Crippen molar-refractivity contribution in [3.63, 3.8) is 0 Å². The second-order valence-electron chi connectivity index (χ2n) is 7.82. The highest BCUT2D eigenvalue weighted by Crippen LogP contribution is 2.42. The Bertz CT molecular complexity index is 1170. The molecule has 0 saturated heterocycles. The molecule has 6 nitrogen and oxygen atoms in total. The SMILES string of the molecule is NC1(c2ccc(-c3oc4ncc(NCCO)nc4c3-c3ccccc3)cc2)CCC1. The summed E-state index contributed by atoms with van der Waals surface area (Å²) in [5, 5.41) is 12.2. The third kappa shape index (κ3) is 3.24. The molecule has 0 radical (unpaired) electrons. The summed E-state index contributed by atoms with van der Waals surface area (Å²) >= 11 is 0. The van der Waals surface area contributed by atoms with Crippen LogP contribution in [0.15, 0.2) is 65.2 Å². The molecular weight excluding hydrogens is 376 g/mol. The summed E-state index contributed by atoms with van der Waals surface area (Å²) in [5.74, 6) is 1.34. The van der Waals surface area contributed by atoms with E-state index in [0.717, 1.165) is 35.3 Å². The minimum absolute atomic E-state index is 0.0247. The van der Waals surface area contributed by atoms with E-state index < -0.39 is 0 Å². The Labute approximate surface area is 174 Å². The standard InChI is InChI=1S/C24H24N4O2/c25-24(11-4-12-24)18-9-7-17(8-10-18)22-20(16-5-2-1-3-6-16)21-23(30-22)27-15-19(28-21)26-13-14-29/h1-3,5-10,15,29H,4,11-14,25H2,(H,26,28). The highest BCUT2D eigenvalue weighted by molar-refractivity contribution is 5.98. The van der Waals surface area contributed by atoms with Gasteiger partial charge in [0.2, 0.25) is 5.71 Å². The molecule has 0 amide bonds. The number of hydrogen-bond acceptors (Lipinski definition) is 6. The predicted molar refractivity (Wildman–Crippen MR) is 118 cm³/mol. The van der Waals surface area contributed by atoms with Gasteiger partial charge in [-0.1, -0.05) is 54.6 Å². The van der Waals surface area contributed by atoms with Gasteiger partial charge in [0.1, 0.15) is 17.1 Å². The number of fused-ring (bicyclic) bond motifs is 1. The van der Waals surface area contributed by atoms with E-state index in [9.17, 15) is 0 Å². The quantitative estimate of drug-likeness (QED) is 0.446. The van der Waals surface area contributed by atoms with Crippen molar-refractivity contribution in [2.24, 2.45) is 5.73 Å². The van der Waals surface area contributed by atoms with E-state index in [1.165, 1.54) is 12.0 Å². The van der Waals surface area contributed by atoms with Crippen LogP contribution in [0.3, 0.4) is 0 Å². The summed E-state index contributed by atoms with van der Waals surface area (Å²) in [6.45, 7) is 0.435. The average Bonchev–Trinajstić information content (AvgIpc) is 3.15. The van der Waals surface area contributed by atoms with E-state index in [1.807, 2.05) is 30.3 Å². The summed E-state index contributed by atoms with van der Waals surface area (Å²) in [4.78, 5) is 9.17. The molecule has 1 aliphatic carbocycles. The van der Waals surface area contributed by atoms with Gasteiger partial charge in [-0.25, -0.2) is 9.97 Å². The second kappa shape index (κ2) is 7.55. The molecule has 1 aliphatic rings. The Morgan fingerprint density at radius 2 is 1.80 bits per heavy atom. The van der Waals surface area contributed by atoms with Crippen LogP contribution in [0.4, 0.5) is 5.82 Å². The largest absolute Gasteiger partial charge is 0.436 e. The summed E-state index contributed by atoms with van der Waals surface area (Å²) in [5.41, 5.74) is 11.5. The zero-order valence-corrected chi connectivity index (χ0v) is 16.6. The molecule has 30 heavy (non-hydrogen) atoms. The number of aliphatic hydroxyl groups is 1. The van der Waals surface area contributed by atoms with Crippen molar-refractivity contribution in [3.8, 4) is 22.5 Å². The number of nitrogens with two attached hydrogens (primary N) is 1. The Kier molecular flexibility index (Phi) is 4.73. The van der Waals surface area contributed by atoms with Crippen molar-refractivity contribution >= 4 is 17.0 Å². The Balaban J connectivity index is 1.63. The van der Waals surface area contributed by atoms with E-state index in [2.05, 4.69) is 34.6 Å². The summed E-state index contributed by atoms with van der Waals surface area (Å²) in [7, 11) is 0. The van der Waals surface area contributed by atoms with Gasteiger partial charge in [0.05, 0.1) is 18.4 Å². The van der Waals surface area contributed by atoms with Crippen LogP contribution in [0.25, 0.3) is 33.7 Å². The maximum absolute atomic E-state index is 9.09. The van der Waals surface area contributed by atoms with E-state index in [4.69, 9.17) is 20.2 Å². The van der Waals surface area contributed by atoms with Gasteiger partial charge in [-0.3, -0.25) is 0 Å². The molecule has 4 N–H and O–H groups in total. The van der Waals surface area contributed by atoms with E-state index in [0.29, 0.717) is 23.6 Å². The number of hydrogen-bond donors (Lipinski definition) is 3. The first-order valence-corrected chi connectivity index (χ1v) is 10.3. The topological polar surface area (TPSA) is 97.2 Å². The Hall–Kier alpha value is -3.22. The summed E-state index contributed by atoms with van der Waals surface area (Å²) < 4.78 is 6.18. The molecule has 1 fully saturated rings. The number of aliphatic hydroxyl groups excluding tert-OH is 1. The molecule has 0 unspecified atom stereocenters. The first-order valence-electron chi connectivity index (χ1n) is 10.3. The lowest BCUT2D eigenvalue weighted by molar-refractivity contribution is 0.253. The van der Waals surface area contributed by atoms with E-state index in [-0.39, 0.29) is 12.1 Å². The highest BCUT2D eigenvalue weighted by atomic mass is 16.3. The van der Waals surface area contributed by atoms with Gasteiger partial charge in [-0.05, 0) is 30.4 Å². The number of rotatable bonds is 6. The smallest absolute Gasteiger partial charge is 0.246 e. The maximum atomic E-state index is 9.09. The van der Waals surface area contributed by atoms with Crippen molar-refractivity contribution in [1.82, 2.24) is 9.97 Å². The number of benzene rings is 2. The van der Waals surface area contributed by atoms with Gasteiger partial charge in [0.25, 0.3) is 0 Å². The number of nitrogens with zero attached hydrogens (tertiary/aromatic N) is 2. The lowest BCUT2D eigenvalue weighted by atomic mass is 9.72. The highest BCUT2D eigenvalue weighted by Gasteiger charge is 2.34. The molecule has 0 atom stereocenters. The Morgan fingerprint density at radius 3 is 2.47 bits per heavy atom. The van der Waals surface area contributed by atoms with Crippen LogP contribution in [0.1, 0.15) is 24.8 Å². The third-order valence-corrected chi connectivity index (χ3v) is 5.85. The molecule has 1 saturated carbocycles. The molecule has 0 spiro atoms. The fraction of sp³-hybridized carbons (Fsp3) is 0.250. The minimum Gasteiger partial charge on any atom is -0.436 e. The zero-order chi connectivity index (χ0) is 20.6. The minimum atomic E-state index is -0.189. The predicted octanol–water partition coefficient (Wildman–Crippen LogP) is 4.30. The van der Waals surface area contributed by atoms with Gasteiger partial charge in [0, 0.05) is 17.6 Å². The molecule has 0 bridgehead atoms. The molecule has 4 aromatic rings. The van der Waals surface area contributed by atoms with E-state index >= 15 is 0 Å². The van der Waals surface area contributed by atoms with Crippen molar-refractivity contribution in [2.45, 2.75) is 24.8 Å². The van der Waals surface area contributed by atoms with Crippen molar-refractivity contribution in [1.29, 1.82) is 0 Å². The molecule has 2 aromatic heterocycles. The first kappa shape index (κ1) is 18.8. The zero-order valence-electron chi connectivity index (χ0n) is 16.6. The Morgan fingerprint density at radius 1 is 1.03 bits per heavy atom. The first-order chi connectivity index (χ1) is 14.7. The second-order valence-corrected chi connectivity index (χ2v) is 7.82. The fourth-order valence-corrected chi connectivity index (χ4v) is 4.02. The molecule has 152 valence electrons. The van der Waals surface area contributed by atoms with Crippen LogP contribution in [-0.2, 0) is 5.54 Å². The van der Waals surface area contributed by atoms with E-state index in [1.54, 1.807) is 6.20 Å². The lowest BCUT2D eigenvalue weighted by Crippen LogP contribution is -2.43. The summed E-state index contributed by atoms with van der Waals surface area (Å²) in [6, 6.07) is 18.4. The van der Waals surface area contributed by atoms with Crippen molar-refractivity contribution < 1.29 is 9.52 Å². The normalized spacial score (nSPS) is 15.1. The third-order valence-electron chi connectivity index (χ3n) is 5.85. The van der Waals surface area contributed by atoms with Gasteiger partial charge in [-0.2, -0.15) is 0 Å². The van der Waals surface area contributed by atoms with Gasteiger partial charge < -0.3 is 20.6 Å². The molecule has 2 heterocycles. The monoisotopic (exact) mass is 400 g/mol. The number of aromatic nitrogens is 2. The van der Waals surface area contributed by atoms with Gasteiger partial charge >= 0.3 is 0 Å².